The maximum absolute atomic E-state index is 11.1. The third-order valence-electron chi connectivity index (χ3n) is 6.11. The number of benzene rings is 1. The number of anilines is 1. The average Bonchev–Trinajstić information content (AvgIpc) is 2.73. The first-order chi connectivity index (χ1) is 14.0. The van der Waals surface area contributed by atoms with Crippen molar-refractivity contribution < 1.29 is 19.6 Å². The molecule has 0 bridgehead atoms. The summed E-state index contributed by atoms with van der Waals surface area (Å²) in [5.41, 5.74) is 0.964. The van der Waals surface area contributed by atoms with E-state index in [0.717, 1.165) is 64.1 Å². The zero-order valence-electron chi connectivity index (χ0n) is 16.9. The lowest BCUT2D eigenvalue weighted by Crippen LogP contribution is -2.43. The van der Waals surface area contributed by atoms with Crippen molar-refractivity contribution in [1.29, 1.82) is 0 Å². The molecule has 2 saturated heterocycles. The minimum atomic E-state index is -0.940. The van der Waals surface area contributed by atoms with Crippen LogP contribution < -0.4 is 15.0 Å². The van der Waals surface area contributed by atoms with Gasteiger partial charge in [0.2, 0.25) is 0 Å². The van der Waals surface area contributed by atoms with E-state index >= 15 is 0 Å². The summed E-state index contributed by atoms with van der Waals surface area (Å²) >= 11 is 0. The van der Waals surface area contributed by atoms with Crippen LogP contribution in [0.3, 0.4) is 0 Å². The molecule has 2 N–H and O–H groups in total. The Bertz CT molecular complexity index is 713. The number of hydrogen-bond donors (Lipinski definition) is 2. The minimum Gasteiger partial charge on any atom is -0.490 e. The van der Waals surface area contributed by atoms with Crippen LogP contribution in [0.5, 0.6) is 5.75 Å². The van der Waals surface area contributed by atoms with Gasteiger partial charge in [0.25, 0.3) is 0 Å². The standard InChI is InChI=1S/C20H30N4O5/c1-29-19-12-17(2-3-18(19)24(27)28)23-10-6-16(7-11-23)14-22-8-4-15(5-9-22)13-21-20(25)26/h2-3,12,15-16,21H,4-11,13-14H2,1H3,(H,25,26). The van der Waals surface area contributed by atoms with Gasteiger partial charge < -0.3 is 25.0 Å². The topological polar surface area (TPSA) is 108 Å². The highest BCUT2D eigenvalue weighted by Crippen LogP contribution is 2.33. The highest BCUT2D eigenvalue weighted by atomic mass is 16.6. The van der Waals surface area contributed by atoms with E-state index < -0.39 is 11.0 Å². The lowest BCUT2D eigenvalue weighted by atomic mass is 9.92. The molecule has 1 amide bonds. The van der Waals surface area contributed by atoms with Crippen LogP contribution in [0, 0.1) is 22.0 Å². The normalized spacial score (nSPS) is 19.1. The number of nitrogens with zero attached hydrogens (tertiary/aromatic N) is 3. The molecule has 0 atom stereocenters. The smallest absolute Gasteiger partial charge is 0.404 e. The van der Waals surface area contributed by atoms with E-state index in [1.54, 1.807) is 12.1 Å². The summed E-state index contributed by atoms with van der Waals surface area (Å²) < 4.78 is 5.19. The number of carbonyl (C=O) groups is 1. The predicted octanol–water partition coefficient (Wildman–Crippen LogP) is 2.80. The van der Waals surface area contributed by atoms with Crippen molar-refractivity contribution in [2.24, 2.45) is 11.8 Å². The minimum absolute atomic E-state index is 0.00640. The molecule has 0 aromatic heterocycles. The monoisotopic (exact) mass is 406 g/mol. The molecule has 2 aliphatic heterocycles. The van der Waals surface area contributed by atoms with Crippen molar-refractivity contribution in [2.45, 2.75) is 25.7 Å². The number of piperidine rings is 2. The Morgan fingerprint density at radius 2 is 1.86 bits per heavy atom. The first kappa shape index (κ1) is 21.2. The molecular weight excluding hydrogens is 376 g/mol. The number of hydrogen-bond acceptors (Lipinski definition) is 6. The second-order valence-electron chi connectivity index (χ2n) is 7.97. The number of likely N-dealkylation sites (tertiary alicyclic amines) is 1. The number of carboxylic acid groups (broad SMARTS) is 1. The zero-order chi connectivity index (χ0) is 20.8. The second kappa shape index (κ2) is 9.78. The Balaban J connectivity index is 1.44. The summed E-state index contributed by atoms with van der Waals surface area (Å²) in [7, 11) is 1.46. The van der Waals surface area contributed by atoms with Crippen LogP contribution in [0.15, 0.2) is 18.2 Å². The number of nitro benzene ring substituents is 1. The van der Waals surface area contributed by atoms with Gasteiger partial charge >= 0.3 is 11.8 Å². The van der Waals surface area contributed by atoms with E-state index in [9.17, 15) is 14.9 Å². The summed E-state index contributed by atoms with van der Waals surface area (Å²) in [4.78, 5) is 26.0. The number of nitro groups is 1. The Morgan fingerprint density at radius 3 is 2.45 bits per heavy atom. The van der Waals surface area contributed by atoms with Crippen molar-refractivity contribution in [2.75, 3.05) is 51.3 Å². The number of amides is 1. The van der Waals surface area contributed by atoms with Crippen molar-refractivity contribution in [3.05, 3.63) is 28.3 Å². The third-order valence-corrected chi connectivity index (χ3v) is 6.11. The van der Waals surface area contributed by atoms with E-state index in [1.165, 1.54) is 13.2 Å². The Labute approximate surface area is 170 Å². The summed E-state index contributed by atoms with van der Waals surface area (Å²) in [6.07, 6.45) is 3.34. The first-order valence-electron chi connectivity index (χ1n) is 10.2. The molecule has 0 saturated carbocycles. The van der Waals surface area contributed by atoms with Gasteiger partial charge in [-0.3, -0.25) is 10.1 Å². The molecule has 3 rings (SSSR count). The van der Waals surface area contributed by atoms with Crippen molar-refractivity contribution in [3.63, 3.8) is 0 Å². The van der Waals surface area contributed by atoms with E-state index in [-0.39, 0.29) is 5.69 Å². The van der Waals surface area contributed by atoms with E-state index in [0.29, 0.717) is 24.1 Å². The highest BCUT2D eigenvalue weighted by Gasteiger charge is 2.26. The van der Waals surface area contributed by atoms with Gasteiger partial charge in [0.05, 0.1) is 12.0 Å². The molecule has 2 fully saturated rings. The molecule has 0 aliphatic carbocycles. The predicted molar refractivity (Wildman–Crippen MR) is 110 cm³/mol. The maximum atomic E-state index is 11.1. The van der Waals surface area contributed by atoms with Gasteiger partial charge in [0.15, 0.2) is 5.75 Å². The molecule has 1 aromatic carbocycles. The van der Waals surface area contributed by atoms with Crippen LogP contribution in [0.1, 0.15) is 25.7 Å². The lowest BCUT2D eigenvalue weighted by molar-refractivity contribution is -0.385. The molecule has 29 heavy (non-hydrogen) atoms. The summed E-state index contributed by atoms with van der Waals surface area (Å²) in [5, 5.41) is 22.3. The Hall–Kier alpha value is -2.55. The number of ether oxygens (including phenoxy) is 1. The third kappa shape index (κ3) is 5.72. The molecule has 160 valence electrons. The van der Waals surface area contributed by atoms with Crippen LogP contribution in [0.4, 0.5) is 16.2 Å². The quantitative estimate of drug-likeness (QED) is 0.529. The van der Waals surface area contributed by atoms with E-state index in [2.05, 4.69) is 15.1 Å². The fraction of sp³-hybridized carbons (Fsp3) is 0.650. The van der Waals surface area contributed by atoms with Crippen LogP contribution >= 0.6 is 0 Å². The average molecular weight is 406 g/mol. The number of rotatable bonds is 7. The molecule has 0 spiro atoms. The highest BCUT2D eigenvalue weighted by molar-refractivity contribution is 5.64. The van der Waals surface area contributed by atoms with Gasteiger partial charge in [-0.2, -0.15) is 0 Å². The van der Waals surface area contributed by atoms with Gasteiger partial charge in [-0.25, -0.2) is 4.79 Å². The molecule has 1 aromatic rings. The number of nitrogens with one attached hydrogen (secondary N) is 1. The van der Waals surface area contributed by atoms with Crippen LogP contribution in [-0.4, -0.2) is 67.4 Å². The second-order valence-corrected chi connectivity index (χ2v) is 7.97. The SMILES string of the molecule is COc1cc(N2CCC(CN3CCC(CNC(=O)O)CC3)CC2)ccc1[N+](=O)[O-]. The Kier molecular flexibility index (Phi) is 7.13. The molecule has 2 aliphatic rings. The maximum Gasteiger partial charge on any atom is 0.404 e. The largest absolute Gasteiger partial charge is 0.490 e. The molecule has 2 heterocycles. The summed E-state index contributed by atoms with van der Waals surface area (Å²) in [5.74, 6) is 1.40. The Morgan fingerprint density at radius 1 is 1.21 bits per heavy atom. The van der Waals surface area contributed by atoms with Crippen LogP contribution in [0.2, 0.25) is 0 Å². The fourth-order valence-corrected chi connectivity index (χ4v) is 4.36. The zero-order valence-corrected chi connectivity index (χ0v) is 16.9. The lowest BCUT2D eigenvalue weighted by Gasteiger charge is -2.38. The number of methoxy groups -OCH3 is 1. The summed E-state index contributed by atoms with van der Waals surface area (Å²) in [6.45, 7) is 5.59. The van der Waals surface area contributed by atoms with Crippen molar-refractivity contribution in [3.8, 4) is 5.75 Å². The van der Waals surface area contributed by atoms with Gasteiger partial charge in [-0.15, -0.1) is 0 Å². The van der Waals surface area contributed by atoms with Crippen LogP contribution in [-0.2, 0) is 0 Å². The van der Waals surface area contributed by atoms with Crippen molar-refractivity contribution >= 4 is 17.5 Å². The van der Waals surface area contributed by atoms with Crippen molar-refractivity contribution in [1.82, 2.24) is 10.2 Å². The van der Waals surface area contributed by atoms with Crippen LogP contribution in [0.25, 0.3) is 0 Å². The van der Waals surface area contributed by atoms with E-state index in [1.807, 2.05) is 0 Å². The first-order valence-corrected chi connectivity index (χ1v) is 10.2. The molecule has 0 radical (unpaired) electrons. The molecule has 9 heteroatoms. The van der Waals surface area contributed by atoms with Gasteiger partial charge in [0.1, 0.15) is 0 Å². The molecular formula is C20H30N4O5. The van der Waals surface area contributed by atoms with Gasteiger partial charge in [-0.05, 0) is 56.7 Å². The summed E-state index contributed by atoms with van der Waals surface area (Å²) in [6, 6.07) is 5.08. The molecule has 9 nitrogen and oxygen atoms in total. The van der Waals surface area contributed by atoms with Gasteiger partial charge in [-0.1, -0.05) is 0 Å². The van der Waals surface area contributed by atoms with Gasteiger partial charge in [0, 0.05) is 44.0 Å². The fourth-order valence-electron chi connectivity index (χ4n) is 4.36. The molecule has 0 unspecified atom stereocenters. The van der Waals surface area contributed by atoms with E-state index in [4.69, 9.17) is 9.84 Å².